The molecule has 0 fully saturated rings. The van der Waals surface area contributed by atoms with Gasteiger partial charge >= 0.3 is 0 Å². The van der Waals surface area contributed by atoms with E-state index in [2.05, 4.69) is 57.8 Å². The van der Waals surface area contributed by atoms with Gasteiger partial charge in [-0.1, -0.05) is 36.4 Å². The molecule has 0 spiro atoms. The van der Waals surface area contributed by atoms with Crippen molar-refractivity contribution in [3.63, 3.8) is 0 Å². The first-order chi connectivity index (χ1) is 15.1. The standard InChI is InChI=1S/C24H27N5OS/c1-17-16-31-24(27-17)28-23-13-22(19(15-26-23)14-25-11-12-29(2)3)30-21-10-6-8-18-7-4-5-9-20(18)21/h4-10,13,15-16,25H,11-12,14H2,1-3H3,(H,26,27,28). The molecule has 7 heteroatoms. The molecule has 0 aliphatic heterocycles. The van der Waals surface area contributed by atoms with E-state index in [0.29, 0.717) is 12.4 Å². The lowest BCUT2D eigenvalue weighted by Crippen LogP contribution is -2.26. The van der Waals surface area contributed by atoms with Crippen LogP contribution in [0.15, 0.2) is 60.1 Å². The van der Waals surface area contributed by atoms with E-state index >= 15 is 0 Å². The fourth-order valence-corrected chi connectivity index (χ4v) is 3.91. The van der Waals surface area contributed by atoms with Crippen LogP contribution in [0.1, 0.15) is 11.3 Å². The molecule has 0 aliphatic carbocycles. The van der Waals surface area contributed by atoms with E-state index in [9.17, 15) is 0 Å². The monoisotopic (exact) mass is 433 g/mol. The smallest absolute Gasteiger partial charge is 0.188 e. The molecule has 0 radical (unpaired) electrons. The van der Waals surface area contributed by atoms with E-state index in [-0.39, 0.29) is 0 Å². The molecule has 0 saturated carbocycles. The zero-order valence-corrected chi connectivity index (χ0v) is 18.9. The maximum absolute atomic E-state index is 6.44. The second-order valence-electron chi connectivity index (χ2n) is 7.66. The molecular formula is C24H27N5OS. The number of thiazole rings is 1. The number of hydrogen-bond acceptors (Lipinski definition) is 7. The zero-order chi connectivity index (χ0) is 21.6. The van der Waals surface area contributed by atoms with E-state index in [1.165, 1.54) is 0 Å². The van der Waals surface area contributed by atoms with Crippen molar-refractivity contribution in [3.05, 3.63) is 71.4 Å². The Bertz CT molecular complexity index is 1150. The SMILES string of the molecule is Cc1csc(Nc2cc(Oc3cccc4ccccc34)c(CNCCN(C)C)cn2)n1. The van der Waals surface area contributed by atoms with Gasteiger partial charge in [0.25, 0.3) is 0 Å². The van der Waals surface area contributed by atoms with E-state index in [1.807, 2.05) is 48.8 Å². The van der Waals surface area contributed by atoms with Gasteiger partial charge in [0.15, 0.2) is 5.13 Å². The van der Waals surface area contributed by atoms with Gasteiger partial charge in [-0.2, -0.15) is 0 Å². The fraction of sp³-hybridized carbons (Fsp3) is 0.250. The summed E-state index contributed by atoms with van der Waals surface area (Å²) in [5, 5.41) is 11.8. The molecule has 0 bridgehead atoms. The van der Waals surface area contributed by atoms with Crippen LogP contribution in [0.4, 0.5) is 10.9 Å². The highest BCUT2D eigenvalue weighted by Gasteiger charge is 2.11. The zero-order valence-electron chi connectivity index (χ0n) is 18.1. The van der Waals surface area contributed by atoms with Crippen molar-refractivity contribution < 1.29 is 4.74 Å². The molecule has 4 rings (SSSR count). The number of aryl methyl sites for hydroxylation is 1. The summed E-state index contributed by atoms with van der Waals surface area (Å²) in [6, 6.07) is 16.3. The van der Waals surface area contributed by atoms with E-state index < -0.39 is 0 Å². The summed E-state index contributed by atoms with van der Waals surface area (Å²) in [6.45, 7) is 4.51. The van der Waals surface area contributed by atoms with Gasteiger partial charge in [0.1, 0.15) is 17.3 Å². The quantitative estimate of drug-likeness (QED) is 0.354. The highest BCUT2D eigenvalue weighted by atomic mass is 32.1. The van der Waals surface area contributed by atoms with Gasteiger partial charge in [-0.15, -0.1) is 11.3 Å². The van der Waals surface area contributed by atoms with Crippen molar-refractivity contribution in [1.82, 2.24) is 20.2 Å². The molecule has 6 nitrogen and oxygen atoms in total. The van der Waals surface area contributed by atoms with Crippen LogP contribution in [0, 0.1) is 6.92 Å². The fourth-order valence-electron chi connectivity index (χ4n) is 3.21. The number of hydrogen-bond donors (Lipinski definition) is 2. The summed E-state index contributed by atoms with van der Waals surface area (Å²) in [4.78, 5) is 11.2. The Morgan fingerprint density at radius 2 is 1.90 bits per heavy atom. The second-order valence-corrected chi connectivity index (χ2v) is 8.51. The average Bonchev–Trinajstić information content (AvgIpc) is 3.17. The summed E-state index contributed by atoms with van der Waals surface area (Å²) in [5.74, 6) is 2.32. The number of likely N-dealkylation sites (N-methyl/N-ethyl adjacent to an activating group) is 1. The van der Waals surface area contributed by atoms with Crippen LogP contribution >= 0.6 is 11.3 Å². The molecule has 0 saturated heterocycles. The lowest BCUT2D eigenvalue weighted by atomic mass is 10.1. The van der Waals surface area contributed by atoms with Gasteiger partial charge in [-0.3, -0.25) is 0 Å². The predicted octanol–water partition coefficient (Wildman–Crippen LogP) is 5.19. The first kappa shape index (κ1) is 21.2. The number of ether oxygens (including phenoxy) is 1. The Morgan fingerprint density at radius 1 is 1.06 bits per heavy atom. The normalized spacial score (nSPS) is 11.2. The number of anilines is 2. The third kappa shape index (κ3) is 5.58. The van der Waals surface area contributed by atoms with Crippen LogP contribution in [0.25, 0.3) is 10.8 Å². The minimum Gasteiger partial charge on any atom is -0.456 e. The first-order valence-electron chi connectivity index (χ1n) is 10.3. The Morgan fingerprint density at radius 3 is 2.71 bits per heavy atom. The van der Waals surface area contributed by atoms with Gasteiger partial charge in [-0.05, 0) is 32.5 Å². The average molecular weight is 434 g/mol. The topological polar surface area (TPSA) is 62.3 Å². The number of pyridine rings is 1. The van der Waals surface area contributed by atoms with Crippen molar-refractivity contribution >= 4 is 33.1 Å². The Balaban J connectivity index is 1.61. The Labute approximate surface area is 186 Å². The van der Waals surface area contributed by atoms with Gasteiger partial charge in [0.05, 0.1) is 5.69 Å². The number of nitrogens with one attached hydrogen (secondary N) is 2. The van der Waals surface area contributed by atoms with Crippen LogP contribution in [0.2, 0.25) is 0 Å². The van der Waals surface area contributed by atoms with Crippen molar-refractivity contribution in [2.45, 2.75) is 13.5 Å². The summed E-state index contributed by atoms with van der Waals surface area (Å²) >= 11 is 1.56. The maximum Gasteiger partial charge on any atom is 0.188 e. The molecular weight excluding hydrogens is 406 g/mol. The molecule has 2 aromatic heterocycles. The van der Waals surface area contributed by atoms with Crippen LogP contribution in [-0.4, -0.2) is 42.1 Å². The van der Waals surface area contributed by atoms with Crippen molar-refractivity contribution in [2.75, 3.05) is 32.5 Å². The van der Waals surface area contributed by atoms with Gasteiger partial charge in [0, 0.05) is 48.2 Å². The van der Waals surface area contributed by atoms with Gasteiger partial charge in [0.2, 0.25) is 0 Å². The first-order valence-corrected chi connectivity index (χ1v) is 11.2. The lowest BCUT2D eigenvalue weighted by molar-refractivity contribution is 0.398. The molecule has 2 N–H and O–H groups in total. The highest BCUT2D eigenvalue weighted by Crippen LogP contribution is 2.33. The van der Waals surface area contributed by atoms with Crippen molar-refractivity contribution in [3.8, 4) is 11.5 Å². The van der Waals surface area contributed by atoms with Crippen LogP contribution in [-0.2, 0) is 6.54 Å². The largest absolute Gasteiger partial charge is 0.456 e. The van der Waals surface area contributed by atoms with Gasteiger partial charge < -0.3 is 20.3 Å². The summed E-state index contributed by atoms with van der Waals surface area (Å²) in [5.41, 5.74) is 1.99. The van der Waals surface area contributed by atoms with Crippen LogP contribution in [0.5, 0.6) is 11.5 Å². The minimum atomic E-state index is 0.678. The lowest BCUT2D eigenvalue weighted by Gasteiger charge is -2.15. The number of rotatable bonds is 9. The van der Waals surface area contributed by atoms with Gasteiger partial charge in [-0.25, -0.2) is 9.97 Å². The molecule has 2 aromatic carbocycles. The Hall–Kier alpha value is -3.00. The van der Waals surface area contributed by atoms with Crippen molar-refractivity contribution in [2.24, 2.45) is 0 Å². The number of aromatic nitrogens is 2. The van der Waals surface area contributed by atoms with Crippen molar-refractivity contribution in [1.29, 1.82) is 0 Å². The number of benzene rings is 2. The molecule has 2 heterocycles. The number of nitrogens with zero attached hydrogens (tertiary/aromatic N) is 3. The summed E-state index contributed by atoms with van der Waals surface area (Å²) < 4.78 is 6.44. The summed E-state index contributed by atoms with van der Waals surface area (Å²) in [6.07, 6.45) is 1.87. The van der Waals surface area contributed by atoms with Crippen LogP contribution < -0.4 is 15.4 Å². The third-order valence-electron chi connectivity index (χ3n) is 4.82. The summed E-state index contributed by atoms with van der Waals surface area (Å²) in [7, 11) is 4.14. The predicted molar refractivity (Wildman–Crippen MR) is 129 cm³/mol. The van der Waals surface area contributed by atoms with E-state index in [1.54, 1.807) is 11.3 Å². The third-order valence-corrected chi connectivity index (χ3v) is 5.69. The molecule has 0 aliphatic rings. The molecule has 4 aromatic rings. The highest BCUT2D eigenvalue weighted by molar-refractivity contribution is 7.13. The molecule has 0 amide bonds. The molecule has 0 unspecified atom stereocenters. The van der Waals surface area contributed by atoms with E-state index in [4.69, 9.17) is 4.74 Å². The number of fused-ring (bicyclic) bond motifs is 1. The molecule has 31 heavy (non-hydrogen) atoms. The second kappa shape index (κ2) is 9.87. The minimum absolute atomic E-state index is 0.678. The maximum atomic E-state index is 6.44. The Kier molecular flexibility index (Phi) is 6.76. The van der Waals surface area contributed by atoms with Crippen LogP contribution in [0.3, 0.4) is 0 Å². The molecule has 160 valence electrons. The molecule has 0 atom stereocenters. The van der Waals surface area contributed by atoms with E-state index in [0.717, 1.165) is 51.7 Å².